The fraction of sp³-hybridized carbons (Fsp3) is 0.267. The predicted molar refractivity (Wildman–Crippen MR) is 94.5 cm³/mol. The molecule has 0 unspecified atom stereocenters. The molecule has 0 aliphatic heterocycles. The van der Waals surface area contributed by atoms with Gasteiger partial charge in [-0.15, -0.1) is 0 Å². The summed E-state index contributed by atoms with van der Waals surface area (Å²) in [5, 5.41) is 12.4. The molecule has 10 heteroatoms. The highest BCUT2D eigenvalue weighted by Crippen LogP contribution is 2.19. The molecule has 132 valence electrons. The molecule has 2 aromatic rings. The van der Waals surface area contributed by atoms with Crippen molar-refractivity contribution < 1.29 is 8.42 Å². The summed E-state index contributed by atoms with van der Waals surface area (Å²) >= 11 is 11.5. The Kier molecular flexibility index (Phi) is 6.19. The van der Waals surface area contributed by atoms with Crippen molar-refractivity contribution in [2.24, 2.45) is 0 Å². The van der Waals surface area contributed by atoms with Crippen LogP contribution in [0.2, 0.25) is 10.0 Å². The minimum atomic E-state index is -3.72. The van der Waals surface area contributed by atoms with Crippen molar-refractivity contribution in [1.29, 1.82) is 5.26 Å². The van der Waals surface area contributed by atoms with Gasteiger partial charge >= 0.3 is 0 Å². The molecule has 0 spiro atoms. The normalized spacial score (nSPS) is 11.5. The molecular formula is C15H14Cl2N4O3S. The highest BCUT2D eigenvalue weighted by molar-refractivity contribution is 7.89. The van der Waals surface area contributed by atoms with Crippen LogP contribution >= 0.6 is 23.2 Å². The van der Waals surface area contributed by atoms with E-state index in [2.05, 4.69) is 5.10 Å². The third-order valence-electron chi connectivity index (χ3n) is 3.42. The molecule has 0 radical (unpaired) electrons. The molecule has 0 saturated carbocycles. The lowest BCUT2D eigenvalue weighted by molar-refractivity contribution is 0.435. The molecule has 1 heterocycles. The zero-order valence-corrected chi connectivity index (χ0v) is 15.5. The van der Waals surface area contributed by atoms with Crippen LogP contribution in [0.3, 0.4) is 0 Å². The highest BCUT2D eigenvalue weighted by atomic mass is 35.5. The smallest absolute Gasteiger partial charge is 0.266 e. The molecule has 0 N–H and O–H groups in total. The van der Waals surface area contributed by atoms with Gasteiger partial charge in [-0.05, 0) is 24.3 Å². The summed E-state index contributed by atoms with van der Waals surface area (Å²) in [6.07, 6.45) is 1.34. The maximum atomic E-state index is 12.6. The second kappa shape index (κ2) is 7.97. The van der Waals surface area contributed by atoms with Crippen LogP contribution in [0.5, 0.6) is 0 Å². The van der Waals surface area contributed by atoms with Crippen molar-refractivity contribution in [2.45, 2.75) is 18.2 Å². The van der Waals surface area contributed by atoms with Crippen molar-refractivity contribution in [2.75, 3.05) is 13.1 Å². The van der Waals surface area contributed by atoms with Crippen LogP contribution < -0.4 is 5.56 Å². The van der Waals surface area contributed by atoms with E-state index in [1.54, 1.807) is 6.92 Å². The second-order valence-corrected chi connectivity index (χ2v) is 7.65. The third kappa shape index (κ3) is 4.02. The number of hydrogen-bond acceptors (Lipinski definition) is 5. The summed E-state index contributed by atoms with van der Waals surface area (Å²) in [6, 6.07) is 7.57. The molecule has 0 amide bonds. The molecule has 0 atom stereocenters. The van der Waals surface area contributed by atoms with E-state index < -0.39 is 15.6 Å². The standard InChI is InChI=1S/C15H14Cl2N4O3S/c1-2-20(9-3-8-18)25(23,24)12-6-4-11(5-7-12)21-15(22)14(17)13(16)10-19-21/h4-7,10H,2-3,9H2,1H3. The molecule has 0 aliphatic carbocycles. The minimum Gasteiger partial charge on any atom is -0.266 e. The molecule has 1 aromatic heterocycles. The average Bonchev–Trinajstić information content (AvgIpc) is 2.60. The number of sulfonamides is 1. The Morgan fingerprint density at radius 2 is 1.92 bits per heavy atom. The van der Waals surface area contributed by atoms with Gasteiger partial charge in [0.15, 0.2) is 0 Å². The molecule has 0 bridgehead atoms. The third-order valence-corrected chi connectivity index (χ3v) is 6.16. The minimum absolute atomic E-state index is 0.0400. The Morgan fingerprint density at radius 3 is 2.48 bits per heavy atom. The van der Waals surface area contributed by atoms with Gasteiger partial charge in [-0.3, -0.25) is 4.79 Å². The van der Waals surface area contributed by atoms with E-state index in [0.717, 1.165) is 4.68 Å². The first-order chi connectivity index (χ1) is 11.8. The number of rotatable bonds is 6. The van der Waals surface area contributed by atoms with Crippen molar-refractivity contribution in [3.8, 4) is 11.8 Å². The molecule has 25 heavy (non-hydrogen) atoms. The molecule has 0 saturated heterocycles. The van der Waals surface area contributed by atoms with E-state index in [1.165, 1.54) is 34.8 Å². The van der Waals surface area contributed by atoms with Gasteiger partial charge in [0.2, 0.25) is 10.0 Å². The van der Waals surface area contributed by atoms with Crippen LogP contribution in [0.4, 0.5) is 0 Å². The Balaban J connectivity index is 2.39. The number of hydrogen-bond donors (Lipinski definition) is 0. The summed E-state index contributed by atoms with van der Waals surface area (Å²) in [6.45, 7) is 2.06. The van der Waals surface area contributed by atoms with Crippen LogP contribution in [0.1, 0.15) is 13.3 Å². The van der Waals surface area contributed by atoms with Gasteiger partial charge < -0.3 is 0 Å². The number of aromatic nitrogens is 2. The predicted octanol–water partition coefficient (Wildman–Crippen LogP) is 2.46. The van der Waals surface area contributed by atoms with Crippen LogP contribution in [0, 0.1) is 11.3 Å². The maximum Gasteiger partial charge on any atom is 0.291 e. The monoisotopic (exact) mass is 400 g/mol. The van der Waals surface area contributed by atoms with Crippen molar-refractivity contribution in [3.05, 3.63) is 50.9 Å². The zero-order chi connectivity index (χ0) is 18.6. The maximum absolute atomic E-state index is 12.6. The fourth-order valence-corrected chi connectivity index (χ4v) is 3.83. The Hall–Kier alpha value is -1.92. The number of nitrogens with zero attached hydrogens (tertiary/aromatic N) is 4. The van der Waals surface area contributed by atoms with Gasteiger partial charge in [0.1, 0.15) is 5.02 Å². The van der Waals surface area contributed by atoms with Gasteiger partial charge in [-0.1, -0.05) is 30.1 Å². The number of halogens is 2. The number of nitriles is 1. The van der Waals surface area contributed by atoms with Gasteiger partial charge in [0, 0.05) is 19.5 Å². The summed E-state index contributed by atoms with van der Waals surface area (Å²) in [4.78, 5) is 12.1. The van der Waals surface area contributed by atoms with Gasteiger partial charge in [-0.2, -0.15) is 19.3 Å². The first-order valence-corrected chi connectivity index (χ1v) is 9.43. The highest BCUT2D eigenvalue weighted by Gasteiger charge is 2.22. The van der Waals surface area contributed by atoms with E-state index in [0.29, 0.717) is 5.69 Å². The lowest BCUT2D eigenvalue weighted by atomic mass is 10.3. The van der Waals surface area contributed by atoms with Crippen molar-refractivity contribution >= 4 is 33.2 Å². The van der Waals surface area contributed by atoms with Gasteiger partial charge in [0.05, 0.1) is 27.9 Å². The lowest BCUT2D eigenvalue weighted by Crippen LogP contribution is -2.31. The molecule has 2 rings (SSSR count). The average molecular weight is 401 g/mol. The summed E-state index contributed by atoms with van der Waals surface area (Å²) in [7, 11) is -3.72. The summed E-state index contributed by atoms with van der Waals surface area (Å²) in [5.74, 6) is 0. The van der Waals surface area contributed by atoms with Gasteiger partial charge in [0.25, 0.3) is 5.56 Å². The Morgan fingerprint density at radius 1 is 1.28 bits per heavy atom. The van der Waals surface area contributed by atoms with E-state index in [1.807, 2.05) is 6.07 Å². The van der Waals surface area contributed by atoms with E-state index in [9.17, 15) is 13.2 Å². The Bertz CT molecular complexity index is 966. The topological polar surface area (TPSA) is 96.1 Å². The lowest BCUT2D eigenvalue weighted by Gasteiger charge is -2.19. The zero-order valence-electron chi connectivity index (χ0n) is 13.2. The summed E-state index contributed by atoms with van der Waals surface area (Å²) in [5.41, 5.74) is -0.253. The molecular weight excluding hydrogens is 387 g/mol. The van der Waals surface area contributed by atoms with Gasteiger partial charge in [-0.25, -0.2) is 8.42 Å². The molecule has 1 aromatic carbocycles. The largest absolute Gasteiger partial charge is 0.291 e. The van der Waals surface area contributed by atoms with Crippen molar-refractivity contribution in [3.63, 3.8) is 0 Å². The van der Waals surface area contributed by atoms with Crippen LogP contribution in [0.25, 0.3) is 5.69 Å². The first-order valence-electron chi connectivity index (χ1n) is 7.23. The quantitative estimate of drug-likeness (QED) is 0.741. The van der Waals surface area contributed by atoms with Crippen molar-refractivity contribution in [1.82, 2.24) is 14.1 Å². The van der Waals surface area contributed by atoms with E-state index in [-0.39, 0.29) is 34.5 Å². The van der Waals surface area contributed by atoms with E-state index >= 15 is 0 Å². The van der Waals surface area contributed by atoms with Crippen LogP contribution in [0.15, 0.2) is 40.2 Å². The van der Waals surface area contributed by atoms with E-state index in [4.69, 9.17) is 28.5 Å². The SMILES string of the molecule is CCN(CCC#N)S(=O)(=O)c1ccc(-n2ncc(Cl)c(Cl)c2=O)cc1. The Labute approximate surface area is 155 Å². The molecule has 0 fully saturated rings. The number of benzene rings is 1. The fourth-order valence-electron chi connectivity index (χ4n) is 2.13. The van der Waals surface area contributed by atoms with Crippen LogP contribution in [-0.2, 0) is 10.0 Å². The second-order valence-electron chi connectivity index (χ2n) is 4.92. The summed E-state index contributed by atoms with van der Waals surface area (Å²) < 4.78 is 27.4. The first kappa shape index (κ1) is 19.4. The molecule has 0 aliphatic rings. The van der Waals surface area contributed by atoms with Crippen LogP contribution in [-0.4, -0.2) is 35.6 Å². The molecule has 7 nitrogen and oxygen atoms in total.